The summed E-state index contributed by atoms with van der Waals surface area (Å²) >= 11 is 0. The predicted octanol–water partition coefficient (Wildman–Crippen LogP) is 2.67. The summed E-state index contributed by atoms with van der Waals surface area (Å²) in [4.78, 5) is 17.6. The molecule has 0 aromatic heterocycles. The lowest BCUT2D eigenvalue weighted by Gasteiger charge is -2.17. The highest BCUT2D eigenvalue weighted by molar-refractivity contribution is 6.41. The number of nitrogens with zero attached hydrogens (tertiary/aromatic N) is 3. The van der Waals surface area contributed by atoms with E-state index in [0.29, 0.717) is 12.3 Å². The zero-order chi connectivity index (χ0) is 16.2. The third kappa shape index (κ3) is 3.10. The largest absolute Gasteiger partial charge is 0.294 e. The maximum absolute atomic E-state index is 12.6. The van der Waals surface area contributed by atoms with Crippen molar-refractivity contribution in [2.45, 2.75) is 5.92 Å². The van der Waals surface area contributed by atoms with Gasteiger partial charge in [-0.1, -0.05) is 48.5 Å². The molecule has 23 heavy (non-hydrogen) atoms. The molecule has 0 aliphatic carbocycles. The summed E-state index contributed by atoms with van der Waals surface area (Å²) in [6.07, 6.45) is 0. The monoisotopic (exact) mass is 309 g/mol. The lowest BCUT2D eigenvalue weighted by Crippen LogP contribution is -2.34. The Kier molecular flexibility index (Phi) is 4.39. The molecular formula is C18H19N3O2. The lowest BCUT2D eigenvalue weighted by atomic mass is 9.94. The Morgan fingerprint density at radius 3 is 2.35 bits per heavy atom. The molecule has 1 aliphatic rings. The summed E-state index contributed by atoms with van der Waals surface area (Å²) in [6.45, 7) is 0.632. The lowest BCUT2D eigenvalue weighted by molar-refractivity contribution is -0.160. The van der Waals surface area contributed by atoms with E-state index < -0.39 is 0 Å². The van der Waals surface area contributed by atoms with Crippen molar-refractivity contribution < 1.29 is 9.63 Å². The molecular weight excluding hydrogens is 290 g/mol. The molecule has 0 saturated heterocycles. The molecule has 0 radical (unpaired) electrons. The number of para-hydroxylation sites is 1. The molecule has 5 nitrogen and oxygen atoms in total. The number of carbonyl (C=O) groups is 1. The van der Waals surface area contributed by atoms with Crippen LogP contribution in [0.1, 0.15) is 11.5 Å². The van der Waals surface area contributed by atoms with Crippen LogP contribution in [0.15, 0.2) is 65.8 Å². The smallest absolute Gasteiger partial charge is 0.274 e. The van der Waals surface area contributed by atoms with Crippen molar-refractivity contribution in [3.8, 4) is 0 Å². The van der Waals surface area contributed by atoms with E-state index in [1.165, 1.54) is 12.2 Å². The van der Waals surface area contributed by atoms with E-state index >= 15 is 0 Å². The minimum absolute atomic E-state index is 0.0819. The Labute approximate surface area is 135 Å². The zero-order valence-electron chi connectivity index (χ0n) is 13.2. The Morgan fingerprint density at radius 2 is 1.74 bits per heavy atom. The first-order chi connectivity index (χ1) is 11.2. The third-order valence-electron chi connectivity index (χ3n) is 3.95. The van der Waals surface area contributed by atoms with Gasteiger partial charge in [0.25, 0.3) is 5.91 Å². The van der Waals surface area contributed by atoms with Gasteiger partial charge in [-0.15, -0.1) is 0 Å². The molecule has 0 bridgehead atoms. The fourth-order valence-electron chi connectivity index (χ4n) is 2.65. The highest BCUT2D eigenvalue weighted by Gasteiger charge is 2.35. The zero-order valence-corrected chi connectivity index (χ0v) is 13.2. The number of hydrazone groups is 1. The van der Waals surface area contributed by atoms with Crippen molar-refractivity contribution in [2.75, 3.05) is 25.7 Å². The van der Waals surface area contributed by atoms with Gasteiger partial charge in [-0.3, -0.25) is 14.6 Å². The molecule has 1 atom stereocenters. The van der Waals surface area contributed by atoms with Crippen molar-refractivity contribution in [3.63, 3.8) is 0 Å². The molecule has 0 fully saturated rings. The number of benzene rings is 2. The van der Waals surface area contributed by atoms with Crippen LogP contribution in [0.4, 0.5) is 5.69 Å². The van der Waals surface area contributed by atoms with E-state index in [-0.39, 0.29) is 11.8 Å². The van der Waals surface area contributed by atoms with Crippen LogP contribution in [0, 0.1) is 0 Å². The van der Waals surface area contributed by atoms with E-state index in [1.54, 1.807) is 7.05 Å². The Balaban J connectivity index is 1.96. The number of carbonyl (C=O) groups excluding carboxylic acids is 1. The maximum Gasteiger partial charge on any atom is 0.294 e. The molecule has 5 heteroatoms. The predicted molar refractivity (Wildman–Crippen MR) is 90.2 cm³/mol. The summed E-state index contributed by atoms with van der Waals surface area (Å²) < 4.78 is 0. The van der Waals surface area contributed by atoms with Crippen molar-refractivity contribution in [1.82, 2.24) is 5.06 Å². The minimum Gasteiger partial charge on any atom is -0.274 e. The van der Waals surface area contributed by atoms with Gasteiger partial charge in [0.2, 0.25) is 0 Å². The molecule has 2 aromatic carbocycles. The molecule has 3 rings (SSSR count). The summed E-state index contributed by atoms with van der Waals surface area (Å²) in [6, 6.07) is 19.8. The molecule has 118 valence electrons. The second-order valence-corrected chi connectivity index (χ2v) is 5.35. The van der Waals surface area contributed by atoms with Gasteiger partial charge >= 0.3 is 0 Å². The highest BCUT2D eigenvalue weighted by Crippen LogP contribution is 2.29. The van der Waals surface area contributed by atoms with Crippen molar-refractivity contribution in [1.29, 1.82) is 0 Å². The summed E-state index contributed by atoms with van der Waals surface area (Å²) in [5.41, 5.74) is 2.53. The fourth-order valence-corrected chi connectivity index (χ4v) is 2.65. The number of hydrogen-bond donors (Lipinski definition) is 0. The van der Waals surface area contributed by atoms with E-state index in [0.717, 1.165) is 11.3 Å². The minimum atomic E-state index is -0.222. The van der Waals surface area contributed by atoms with Crippen LogP contribution in [-0.4, -0.2) is 37.4 Å². The van der Waals surface area contributed by atoms with Gasteiger partial charge in [-0.25, -0.2) is 5.06 Å². The Bertz CT molecular complexity index is 701. The third-order valence-corrected chi connectivity index (χ3v) is 3.95. The second-order valence-electron chi connectivity index (χ2n) is 5.35. The molecule has 1 heterocycles. The summed E-state index contributed by atoms with van der Waals surface area (Å²) in [5, 5.41) is 7.64. The summed E-state index contributed by atoms with van der Waals surface area (Å²) in [5.74, 6) is -0.304. The highest BCUT2D eigenvalue weighted by atomic mass is 16.7. The molecule has 1 amide bonds. The summed E-state index contributed by atoms with van der Waals surface area (Å²) in [7, 11) is 3.07. The molecule has 1 aliphatic heterocycles. The Morgan fingerprint density at radius 1 is 1.13 bits per heavy atom. The van der Waals surface area contributed by atoms with Gasteiger partial charge in [0.1, 0.15) is 5.71 Å². The van der Waals surface area contributed by atoms with Crippen molar-refractivity contribution in [2.24, 2.45) is 5.10 Å². The van der Waals surface area contributed by atoms with Crippen LogP contribution in [0.2, 0.25) is 0 Å². The van der Waals surface area contributed by atoms with Crippen LogP contribution in [-0.2, 0) is 9.63 Å². The van der Waals surface area contributed by atoms with Crippen LogP contribution in [0.25, 0.3) is 0 Å². The molecule has 0 spiro atoms. The molecule has 2 aromatic rings. The van der Waals surface area contributed by atoms with Crippen LogP contribution in [0.5, 0.6) is 0 Å². The van der Waals surface area contributed by atoms with Gasteiger partial charge in [0, 0.05) is 7.05 Å². The van der Waals surface area contributed by atoms with E-state index in [1.807, 2.05) is 65.7 Å². The Hall–Kier alpha value is -2.66. The molecule has 0 N–H and O–H groups in total. The van der Waals surface area contributed by atoms with Crippen LogP contribution in [0.3, 0.4) is 0 Å². The van der Waals surface area contributed by atoms with E-state index in [9.17, 15) is 4.79 Å². The first-order valence-electron chi connectivity index (χ1n) is 7.49. The van der Waals surface area contributed by atoms with E-state index in [2.05, 4.69) is 5.10 Å². The number of hydrogen-bond acceptors (Lipinski definition) is 4. The number of amides is 1. The number of anilines is 1. The number of hydroxylamine groups is 2. The standard InChI is InChI=1S/C18H19N3O2/c1-20(23-2)18(22)17-16(14-9-5-3-6-10-14)13-21(19-17)15-11-7-4-8-12-15/h3-12,16H,13H2,1-2H3. The van der Waals surface area contributed by atoms with Gasteiger partial charge < -0.3 is 0 Å². The average Bonchev–Trinajstić information content (AvgIpc) is 3.07. The first kappa shape index (κ1) is 15.2. The molecule has 0 saturated carbocycles. The van der Waals surface area contributed by atoms with Gasteiger partial charge in [0.05, 0.1) is 25.3 Å². The van der Waals surface area contributed by atoms with Crippen LogP contribution >= 0.6 is 0 Å². The van der Waals surface area contributed by atoms with Crippen LogP contribution < -0.4 is 5.01 Å². The van der Waals surface area contributed by atoms with Crippen molar-refractivity contribution in [3.05, 3.63) is 66.2 Å². The second kappa shape index (κ2) is 6.62. The SMILES string of the molecule is CON(C)C(=O)C1=NN(c2ccccc2)CC1c1ccccc1. The normalized spacial score (nSPS) is 17.0. The maximum atomic E-state index is 12.6. The van der Waals surface area contributed by atoms with Gasteiger partial charge in [-0.05, 0) is 17.7 Å². The topological polar surface area (TPSA) is 45.1 Å². The van der Waals surface area contributed by atoms with Gasteiger partial charge in [0.15, 0.2) is 0 Å². The molecule has 1 unspecified atom stereocenters. The first-order valence-corrected chi connectivity index (χ1v) is 7.49. The number of rotatable bonds is 4. The average molecular weight is 309 g/mol. The quantitative estimate of drug-likeness (QED) is 0.816. The fraction of sp³-hybridized carbons (Fsp3) is 0.222. The van der Waals surface area contributed by atoms with E-state index in [4.69, 9.17) is 4.84 Å². The van der Waals surface area contributed by atoms with Crippen molar-refractivity contribution >= 4 is 17.3 Å². The van der Waals surface area contributed by atoms with Gasteiger partial charge in [-0.2, -0.15) is 5.10 Å².